The third-order valence-corrected chi connectivity index (χ3v) is 5.61. The van der Waals surface area contributed by atoms with Gasteiger partial charge in [0.15, 0.2) is 0 Å². The molecule has 1 aliphatic heterocycles. The second-order valence-electron chi connectivity index (χ2n) is 5.38. The van der Waals surface area contributed by atoms with Crippen molar-refractivity contribution in [1.29, 1.82) is 0 Å². The van der Waals surface area contributed by atoms with Crippen LogP contribution in [0.3, 0.4) is 0 Å². The van der Waals surface area contributed by atoms with Crippen molar-refractivity contribution in [3.63, 3.8) is 0 Å². The monoisotopic (exact) mass is 322 g/mol. The molecule has 0 saturated carbocycles. The Morgan fingerprint density at radius 3 is 2.71 bits per heavy atom. The maximum Gasteiger partial charge on any atom is 0.266 e. The van der Waals surface area contributed by atoms with Gasteiger partial charge in [0.05, 0.1) is 22.8 Å². The summed E-state index contributed by atoms with van der Waals surface area (Å²) in [7, 11) is 0. The fourth-order valence-electron chi connectivity index (χ4n) is 2.59. The predicted octanol–water partition coefficient (Wildman–Crippen LogP) is 3.43. The molecular formula is C15H18N2O2S2. The molecule has 0 aliphatic carbocycles. The van der Waals surface area contributed by atoms with E-state index in [2.05, 4.69) is 4.98 Å². The average Bonchev–Trinajstić information content (AvgIpc) is 3.05. The van der Waals surface area contributed by atoms with Gasteiger partial charge in [0, 0.05) is 13.1 Å². The number of aromatic nitrogens is 1. The predicted molar refractivity (Wildman–Crippen MR) is 86.1 cm³/mol. The Labute approximate surface area is 132 Å². The highest BCUT2D eigenvalue weighted by molar-refractivity contribution is 7.22. The van der Waals surface area contributed by atoms with E-state index in [0.717, 1.165) is 20.5 Å². The summed E-state index contributed by atoms with van der Waals surface area (Å²) in [5, 5.41) is 2.96. The number of rotatable bonds is 2. The van der Waals surface area contributed by atoms with Crippen LogP contribution < -0.4 is 0 Å². The Bertz CT molecular complexity index is 626. The van der Waals surface area contributed by atoms with Gasteiger partial charge in [-0.3, -0.25) is 4.79 Å². The third-order valence-electron chi connectivity index (χ3n) is 3.43. The molecular weight excluding hydrogens is 304 g/mol. The number of ether oxygens (including phenoxy) is 1. The van der Waals surface area contributed by atoms with Gasteiger partial charge < -0.3 is 9.64 Å². The maximum atomic E-state index is 12.7. The standard InChI is InChI=1S/C15H18N2O2S2/c1-9-7-17(8-10(2)19-9)15(18)13-11(3)16-14(21-13)12-5-4-6-20-12/h4-6,9-10H,7-8H2,1-3H3. The number of carbonyl (C=O) groups is 1. The number of aryl methyl sites for hydroxylation is 1. The van der Waals surface area contributed by atoms with Gasteiger partial charge in [0.25, 0.3) is 5.91 Å². The second-order valence-corrected chi connectivity index (χ2v) is 7.33. The van der Waals surface area contributed by atoms with Crippen molar-refractivity contribution in [2.45, 2.75) is 33.0 Å². The first-order valence-electron chi connectivity index (χ1n) is 7.00. The van der Waals surface area contributed by atoms with Gasteiger partial charge in [-0.2, -0.15) is 0 Å². The molecule has 1 aliphatic rings. The van der Waals surface area contributed by atoms with E-state index in [1.165, 1.54) is 11.3 Å². The van der Waals surface area contributed by atoms with Crippen LogP contribution in [0.15, 0.2) is 17.5 Å². The number of morpholine rings is 1. The highest BCUT2D eigenvalue weighted by Gasteiger charge is 2.29. The first-order valence-corrected chi connectivity index (χ1v) is 8.70. The Balaban J connectivity index is 1.85. The zero-order valence-electron chi connectivity index (χ0n) is 12.3. The van der Waals surface area contributed by atoms with E-state index in [9.17, 15) is 4.79 Å². The van der Waals surface area contributed by atoms with Crippen molar-refractivity contribution in [2.75, 3.05) is 13.1 Å². The van der Waals surface area contributed by atoms with Crippen LogP contribution in [0.5, 0.6) is 0 Å². The van der Waals surface area contributed by atoms with E-state index in [1.807, 2.05) is 43.2 Å². The fourth-order valence-corrected chi connectivity index (χ4v) is 4.42. The van der Waals surface area contributed by atoms with Crippen LogP contribution >= 0.6 is 22.7 Å². The summed E-state index contributed by atoms with van der Waals surface area (Å²) in [6.07, 6.45) is 0.172. The van der Waals surface area contributed by atoms with Gasteiger partial charge in [-0.15, -0.1) is 22.7 Å². The highest BCUT2D eigenvalue weighted by atomic mass is 32.1. The van der Waals surface area contributed by atoms with Gasteiger partial charge in [-0.1, -0.05) is 6.07 Å². The normalized spacial score (nSPS) is 22.5. The SMILES string of the molecule is Cc1nc(-c2cccs2)sc1C(=O)N1CC(C)OC(C)C1. The summed E-state index contributed by atoms with van der Waals surface area (Å²) in [6, 6.07) is 4.04. The van der Waals surface area contributed by atoms with Crippen molar-refractivity contribution < 1.29 is 9.53 Å². The molecule has 0 N–H and O–H groups in total. The highest BCUT2D eigenvalue weighted by Crippen LogP contribution is 2.32. The Kier molecular flexibility index (Phi) is 4.10. The molecule has 0 aromatic carbocycles. The van der Waals surface area contributed by atoms with Crippen LogP contribution in [0.25, 0.3) is 9.88 Å². The lowest BCUT2D eigenvalue weighted by molar-refractivity contribution is -0.0585. The van der Waals surface area contributed by atoms with E-state index >= 15 is 0 Å². The van der Waals surface area contributed by atoms with Crippen LogP contribution in [0, 0.1) is 6.92 Å². The van der Waals surface area contributed by atoms with E-state index in [0.29, 0.717) is 13.1 Å². The molecule has 112 valence electrons. The number of thiazole rings is 1. The molecule has 3 heterocycles. The molecule has 0 spiro atoms. The summed E-state index contributed by atoms with van der Waals surface area (Å²) < 4.78 is 5.69. The summed E-state index contributed by atoms with van der Waals surface area (Å²) in [4.78, 5) is 21.0. The molecule has 21 heavy (non-hydrogen) atoms. The first-order chi connectivity index (χ1) is 10.0. The number of amides is 1. The van der Waals surface area contributed by atoms with E-state index in [4.69, 9.17) is 4.74 Å². The van der Waals surface area contributed by atoms with Crippen LogP contribution in [-0.4, -0.2) is 41.1 Å². The van der Waals surface area contributed by atoms with Crippen molar-refractivity contribution >= 4 is 28.6 Å². The summed E-state index contributed by atoms with van der Waals surface area (Å²) in [5.74, 6) is 0.0785. The largest absolute Gasteiger partial charge is 0.372 e. The number of hydrogen-bond donors (Lipinski definition) is 0. The minimum Gasteiger partial charge on any atom is -0.372 e. The molecule has 0 radical (unpaired) electrons. The fraction of sp³-hybridized carbons (Fsp3) is 0.467. The van der Waals surface area contributed by atoms with Crippen LogP contribution in [0.4, 0.5) is 0 Å². The molecule has 2 atom stereocenters. The van der Waals surface area contributed by atoms with Gasteiger partial charge in [0.1, 0.15) is 9.88 Å². The van der Waals surface area contributed by atoms with Crippen LogP contribution in [0.1, 0.15) is 29.2 Å². The molecule has 2 aromatic heterocycles. The lowest BCUT2D eigenvalue weighted by Gasteiger charge is -2.35. The molecule has 2 unspecified atom stereocenters. The molecule has 1 saturated heterocycles. The van der Waals surface area contributed by atoms with Crippen LogP contribution in [-0.2, 0) is 4.74 Å². The van der Waals surface area contributed by atoms with E-state index in [1.54, 1.807) is 11.3 Å². The van der Waals surface area contributed by atoms with E-state index < -0.39 is 0 Å². The van der Waals surface area contributed by atoms with Gasteiger partial charge in [0.2, 0.25) is 0 Å². The summed E-state index contributed by atoms with van der Waals surface area (Å²) >= 11 is 3.14. The molecule has 2 aromatic rings. The lowest BCUT2D eigenvalue weighted by atomic mass is 10.2. The van der Waals surface area contributed by atoms with E-state index in [-0.39, 0.29) is 18.1 Å². The zero-order valence-corrected chi connectivity index (χ0v) is 14.0. The summed E-state index contributed by atoms with van der Waals surface area (Å²) in [6.45, 7) is 7.22. The quantitative estimate of drug-likeness (QED) is 0.851. The lowest BCUT2D eigenvalue weighted by Crippen LogP contribution is -2.48. The first kappa shape index (κ1) is 14.7. The Morgan fingerprint density at radius 1 is 1.38 bits per heavy atom. The number of hydrogen-bond acceptors (Lipinski definition) is 5. The molecule has 4 nitrogen and oxygen atoms in total. The van der Waals surface area contributed by atoms with Crippen molar-refractivity contribution in [3.05, 3.63) is 28.1 Å². The minimum absolute atomic E-state index is 0.0785. The number of nitrogens with zero attached hydrogens (tertiary/aromatic N) is 2. The van der Waals surface area contributed by atoms with Crippen LogP contribution in [0.2, 0.25) is 0 Å². The topological polar surface area (TPSA) is 42.4 Å². The smallest absolute Gasteiger partial charge is 0.266 e. The number of carbonyl (C=O) groups excluding carboxylic acids is 1. The second kappa shape index (κ2) is 5.87. The minimum atomic E-state index is 0.0785. The summed E-state index contributed by atoms with van der Waals surface area (Å²) in [5.41, 5.74) is 0.820. The third kappa shape index (κ3) is 3.02. The van der Waals surface area contributed by atoms with Crippen molar-refractivity contribution in [2.24, 2.45) is 0 Å². The zero-order chi connectivity index (χ0) is 15.0. The molecule has 6 heteroatoms. The van der Waals surface area contributed by atoms with Crippen molar-refractivity contribution in [3.8, 4) is 9.88 Å². The van der Waals surface area contributed by atoms with Crippen molar-refractivity contribution in [1.82, 2.24) is 9.88 Å². The Morgan fingerprint density at radius 2 is 2.10 bits per heavy atom. The van der Waals surface area contributed by atoms with Gasteiger partial charge in [-0.25, -0.2) is 4.98 Å². The number of thiophene rings is 1. The van der Waals surface area contributed by atoms with Gasteiger partial charge in [-0.05, 0) is 32.2 Å². The molecule has 0 bridgehead atoms. The maximum absolute atomic E-state index is 12.7. The molecule has 3 rings (SSSR count). The molecule has 1 amide bonds. The Hall–Kier alpha value is -1.24. The molecule has 1 fully saturated rings. The average molecular weight is 322 g/mol. The van der Waals surface area contributed by atoms with Gasteiger partial charge >= 0.3 is 0 Å².